The molecule has 0 aromatic carbocycles. The molecule has 0 aromatic heterocycles. The van der Waals surface area contributed by atoms with Crippen molar-refractivity contribution in [3.05, 3.63) is 23.1 Å². The van der Waals surface area contributed by atoms with Crippen LogP contribution in [0.4, 0.5) is 0 Å². The molecule has 0 saturated carbocycles. The normalized spacial score (nSPS) is 31.1. The Balaban J connectivity index is 3.09. The Morgan fingerprint density at radius 2 is 2.22 bits per heavy atom. The van der Waals surface area contributed by atoms with Gasteiger partial charge in [-0.2, -0.15) is 0 Å². The van der Waals surface area contributed by atoms with Gasteiger partial charge in [-0.25, -0.2) is 0 Å². The van der Waals surface area contributed by atoms with Gasteiger partial charge in [0.05, 0.1) is 31.4 Å². The maximum atomic E-state index is 11.9. The largest absolute Gasteiger partial charge is 0.394 e. The number of aliphatic hydroxyl groups excluding tert-OH is 2. The summed E-state index contributed by atoms with van der Waals surface area (Å²) in [5.74, 6) is -1.02. The molecule has 1 saturated heterocycles. The van der Waals surface area contributed by atoms with Gasteiger partial charge in [-0.05, 0) is 5.53 Å². The number of halogens is 3. The molecular weight excluding hydrogens is 375 g/mol. The number of aliphatic hydroxyl groups is 2. The molecule has 1 rings (SSSR count). The third-order valence-corrected chi connectivity index (χ3v) is 3.51. The molecule has 0 spiro atoms. The maximum absolute atomic E-state index is 11.9. The Morgan fingerprint density at radius 3 is 2.70 bits per heavy atom. The summed E-state index contributed by atoms with van der Waals surface area (Å²) in [6.45, 7) is 2.94. The number of carbonyl (C=O) groups is 1. The summed E-state index contributed by atoms with van der Waals surface area (Å²) in [6.07, 6.45) is -2.24. The lowest BCUT2D eigenvalue weighted by Crippen LogP contribution is -2.65. The molecule has 5 atom stereocenters. The van der Waals surface area contributed by atoms with Crippen molar-refractivity contribution in [2.24, 2.45) is 5.11 Å². The monoisotopic (exact) mass is 388 g/mol. The van der Waals surface area contributed by atoms with Crippen LogP contribution in [0.5, 0.6) is 0 Å². The van der Waals surface area contributed by atoms with Crippen molar-refractivity contribution in [3.8, 4) is 0 Å². The van der Waals surface area contributed by atoms with E-state index in [2.05, 4.69) is 21.9 Å². The van der Waals surface area contributed by atoms with Gasteiger partial charge in [-0.15, -0.1) is 6.58 Å². The molecule has 23 heavy (non-hydrogen) atoms. The molecule has 1 heterocycles. The van der Waals surface area contributed by atoms with Crippen molar-refractivity contribution >= 4 is 40.7 Å². The van der Waals surface area contributed by atoms with Crippen LogP contribution < -0.4 is 5.32 Å². The van der Waals surface area contributed by atoms with E-state index in [9.17, 15) is 15.0 Å². The second-order valence-corrected chi connectivity index (χ2v) is 6.81. The predicted octanol–water partition coefficient (Wildman–Crippen LogP) is 0.801. The van der Waals surface area contributed by atoms with E-state index in [1.807, 2.05) is 0 Å². The Labute approximate surface area is 146 Å². The topological polar surface area (TPSA) is 137 Å². The zero-order chi connectivity index (χ0) is 17.6. The average Bonchev–Trinajstić information content (AvgIpc) is 2.49. The average molecular weight is 390 g/mol. The second-order valence-electron chi connectivity index (χ2n) is 4.53. The highest BCUT2D eigenvalue weighted by atomic mass is 35.6. The molecule has 3 N–H and O–H groups in total. The Bertz CT molecular complexity index is 483. The van der Waals surface area contributed by atoms with Crippen LogP contribution in [-0.4, -0.2) is 63.7 Å². The van der Waals surface area contributed by atoms with Crippen LogP contribution in [0.3, 0.4) is 0 Å². The van der Waals surface area contributed by atoms with E-state index in [-0.39, 0.29) is 6.61 Å². The van der Waals surface area contributed by atoms with Crippen LogP contribution in [0.1, 0.15) is 0 Å². The number of rotatable bonds is 6. The third-order valence-electron chi connectivity index (χ3n) is 3.00. The smallest absolute Gasteiger partial charge is 0.272 e. The first kappa shape index (κ1) is 20.3. The van der Waals surface area contributed by atoms with E-state index in [1.54, 1.807) is 0 Å². The van der Waals surface area contributed by atoms with Crippen molar-refractivity contribution in [2.75, 3.05) is 13.2 Å². The van der Waals surface area contributed by atoms with Crippen molar-refractivity contribution in [2.45, 2.75) is 34.4 Å². The van der Waals surface area contributed by atoms with Gasteiger partial charge in [-0.1, -0.05) is 46.0 Å². The molecule has 0 aliphatic carbocycles. The number of amides is 1. The van der Waals surface area contributed by atoms with Gasteiger partial charge in [0.25, 0.3) is 9.70 Å². The lowest BCUT2D eigenvalue weighted by molar-refractivity contribution is -0.243. The third kappa shape index (κ3) is 5.37. The molecular formula is C11H15Cl3N4O5. The fourth-order valence-corrected chi connectivity index (χ4v) is 2.14. The fourth-order valence-electron chi connectivity index (χ4n) is 1.97. The van der Waals surface area contributed by atoms with E-state index in [0.717, 1.165) is 0 Å². The summed E-state index contributed by atoms with van der Waals surface area (Å²) in [6, 6.07) is -2.36. The highest BCUT2D eigenvalue weighted by Gasteiger charge is 2.47. The Morgan fingerprint density at radius 1 is 1.57 bits per heavy atom. The summed E-state index contributed by atoms with van der Waals surface area (Å²) in [4.78, 5) is 14.5. The Kier molecular flexibility index (Phi) is 7.85. The summed E-state index contributed by atoms with van der Waals surface area (Å²) in [5.41, 5.74) is 8.67. The highest BCUT2D eigenvalue weighted by Crippen LogP contribution is 2.29. The van der Waals surface area contributed by atoms with E-state index in [1.165, 1.54) is 6.08 Å². The molecule has 0 bridgehead atoms. The van der Waals surface area contributed by atoms with Crippen LogP contribution in [0.15, 0.2) is 17.8 Å². The number of hydrogen-bond acceptors (Lipinski definition) is 6. The first-order valence-corrected chi connectivity index (χ1v) is 7.48. The predicted molar refractivity (Wildman–Crippen MR) is 83.1 cm³/mol. The minimum Gasteiger partial charge on any atom is -0.394 e. The summed E-state index contributed by atoms with van der Waals surface area (Å²) in [7, 11) is 0. The molecule has 130 valence electrons. The highest BCUT2D eigenvalue weighted by molar-refractivity contribution is 6.76. The quantitative estimate of drug-likeness (QED) is 0.203. The minimum atomic E-state index is -2.28. The molecule has 1 aliphatic heterocycles. The molecule has 1 aliphatic rings. The van der Waals surface area contributed by atoms with Crippen molar-refractivity contribution in [1.29, 1.82) is 0 Å². The summed E-state index contributed by atoms with van der Waals surface area (Å²) < 4.78 is 8.41. The standard InChI is InChI=1S/C11H15Cl3N4O5/c1-2-3-22-9-7(16-10(21)11(12,13)14)6(17-18-15)8(20)5(4-19)23-9/h2,5-9,19-20H,1,3-4H2,(H,16,21)/t5-,6-,7-,8-,9+/m1/s1. The first-order valence-electron chi connectivity index (χ1n) is 6.35. The number of alkyl halides is 3. The number of nitrogens with one attached hydrogen (secondary N) is 1. The maximum Gasteiger partial charge on any atom is 0.272 e. The molecule has 12 heteroatoms. The van der Waals surface area contributed by atoms with Gasteiger partial charge < -0.3 is 25.0 Å². The fraction of sp³-hybridized carbons (Fsp3) is 0.727. The summed E-state index contributed by atoms with van der Waals surface area (Å²) >= 11 is 16.5. The number of ether oxygens (including phenoxy) is 2. The van der Waals surface area contributed by atoms with Gasteiger partial charge in [0, 0.05) is 4.91 Å². The van der Waals surface area contributed by atoms with E-state index < -0.39 is 46.9 Å². The number of azide groups is 1. The first-order chi connectivity index (χ1) is 10.8. The Hall–Kier alpha value is -0.770. The van der Waals surface area contributed by atoms with Gasteiger partial charge in [0.2, 0.25) is 0 Å². The van der Waals surface area contributed by atoms with Crippen molar-refractivity contribution in [1.82, 2.24) is 5.32 Å². The van der Waals surface area contributed by atoms with Crippen molar-refractivity contribution in [3.63, 3.8) is 0 Å². The van der Waals surface area contributed by atoms with Crippen LogP contribution in [0, 0.1) is 0 Å². The van der Waals surface area contributed by atoms with E-state index in [4.69, 9.17) is 49.8 Å². The molecule has 0 aromatic rings. The molecule has 0 radical (unpaired) electrons. The molecule has 0 unspecified atom stereocenters. The number of carbonyl (C=O) groups excluding carboxylic acids is 1. The van der Waals surface area contributed by atoms with E-state index in [0.29, 0.717) is 0 Å². The van der Waals surface area contributed by atoms with Crippen LogP contribution in [0.25, 0.3) is 10.4 Å². The van der Waals surface area contributed by atoms with Gasteiger partial charge in [0.1, 0.15) is 6.10 Å². The molecule has 9 nitrogen and oxygen atoms in total. The zero-order valence-electron chi connectivity index (χ0n) is 11.7. The minimum absolute atomic E-state index is 0.0298. The SMILES string of the molecule is C=CCO[C@H]1O[C@H](CO)[C@@H](O)[C@H](N=[N+]=[N-])[C@H]1NC(=O)C(Cl)(Cl)Cl. The van der Waals surface area contributed by atoms with Gasteiger partial charge >= 0.3 is 0 Å². The molecule has 1 fully saturated rings. The van der Waals surface area contributed by atoms with Crippen LogP contribution in [0.2, 0.25) is 0 Å². The lowest BCUT2D eigenvalue weighted by Gasteiger charge is -2.42. The second kappa shape index (κ2) is 8.91. The number of nitrogens with zero attached hydrogens (tertiary/aromatic N) is 3. The number of hydrogen-bond donors (Lipinski definition) is 3. The zero-order valence-corrected chi connectivity index (χ0v) is 13.9. The van der Waals surface area contributed by atoms with Gasteiger partial charge in [0.15, 0.2) is 6.29 Å². The summed E-state index contributed by atoms with van der Waals surface area (Å²) in [5, 5.41) is 25.1. The van der Waals surface area contributed by atoms with Crippen LogP contribution >= 0.6 is 34.8 Å². The van der Waals surface area contributed by atoms with Crippen LogP contribution in [-0.2, 0) is 14.3 Å². The molecule has 1 amide bonds. The lowest BCUT2D eigenvalue weighted by atomic mass is 9.95. The van der Waals surface area contributed by atoms with Crippen molar-refractivity contribution < 1.29 is 24.5 Å². The van der Waals surface area contributed by atoms with Gasteiger partial charge in [-0.3, -0.25) is 4.79 Å². The van der Waals surface area contributed by atoms with E-state index >= 15 is 0 Å².